The molecule has 0 aliphatic carbocycles. The van der Waals surface area contributed by atoms with Crippen molar-refractivity contribution in [3.05, 3.63) is 57.3 Å². The zero-order valence-corrected chi connectivity index (χ0v) is 15.4. The number of rotatable bonds is 4. The highest BCUT2D eigenvalue weighted by Crippen LogP contribution is 2.22. The summed E-state index contributed by atoms with van der Waals surface area (Å²) in [7, 11) is 3.30. The highest BCUT2D eigenvalue weighted by molar-refractivity contribution is 5.94. The maximum atomic E-state index is 13.3. The van der Waals surface area contributed by atoms with Crippen molar-refractivity contribution in [3.63, 3.8) is 0 Å². The van der Waals surface area contributed by atoms with Crippen molar-refractivity contribution in [2.75, 3.05) is 26.8 Å². The molecule has 0 spiro atoms. The second kappa shape index (κ2) is 8.03. The van der Waals surface area contributed by atoms with Gasteiger partial charge >= 0.3 is 0 Å². The summed E-state index contributed by atoms with van der Waals surface area (Å²) in [6, 6.07) is 2.86. The van der Waals surface area contributed by atoms with E-state index in [1.165, 1.54) is 17.7 Å². The van der Waals surface area contributed by atoms with Crippen LogP contribution >= 0.6 is 0 Å². The maximum Gasteiger partial charge on any atom is 0.296 e. The molecule has 0 saturated carbocycles. The van der Waals surface area contributed by atoms with Gasteiger partial charge in [-0.2, -0.15) is 0 Å². The molecule has 1 amide bonds. The van der Waals surface area contributed by atoms with E-state index in [-0.39, 0.29) is 25.0 Å². The average Bonchev–Trinajstić information content (AvgIpc) is 2.68. The van der Waals surface area contributed by atoms with Gasteiger partial charge in [0, 0.05) is 20.1 Å². The van der Waals surface area contributed by atoms with Gasteiger partial charge in [-0.15, -0.1) is 0 Å². The summed E-state index contributed by atoms with van der Waals surface area (Å²) in [5.41, 5.74) is -0.877. The van der Waals surface area contributed by atoms with E-state index in [9.17, 15) is 23.5 Å². The third-order valence-corrected chi connectivity index (χ3v) is 4.65. The van der Waals surface area contributed by atoms with Gasteiger partial charge in [-0.1, -0.05) is 6.07 Å². The normalized spacial score (nSPS) is 17.5. The Morgan fingerprint density at radius 2 is 2.11 bits per heavy atom. The number of hydrogen-bond acceptors (Lipinski definition) is 6. The van der Waals surface area contributed by atoms with E-state index in [1.807, 2.05) is 11.9 Å². The minimum absolute atomic E-state index is 0.131. The molecule has 1 unspecified atom stereocenters. The first kappa shape index (κ1) is 19.9. The van der Waals surface area contributed by atoms with Gasteiger partial charge in [-0.05, 0) is 24.7 Å². The number of aromatic hydroxyl groups is 1. The topological polar surface area (TPSA) is 96.7 Å². The van der Waals surface area contributed by atoms with Crippen molar-refractivity contribution in [2.24, 2.45) is 7.05 Å². The Labute approximate surface area is 159 Å². The predicted molar refractivity (Wildman–Crippen MR) is 94.9 cm³/mol. The summed E-state index contributed by atoms with van der Waals surface area (Å²) in [5.74, 6) is -3.34. The van der Waals surface area contributed by atoms with Crippen LogP contribution in [0, 0.1) is 11.6 Å². The van der Waals surface area contributed by atoms with Gasteiger partial charge in [0.05, 0.1) is 19.3 Å². The Morgan fingerprint density at radius 3 is 2.79 bits per heavy atom. The molecule has 0 bridgehead atoms. The number of nitrogens with zero attached hydrogens (tertiary/aromatic N) is 3. The van der Waals surface area contributed by atoms with E-state index in [0.717, 1.165) is 12.1 Å². The zero-order chi connectivity index (χ0) is 20.4. The summed E-state index contributed by atoms with van der Waals surface area (Å²) in [6.07, 6.45) is 0. The molecular formula is C18H20F2N4O4. The lowest BCUT2D eigenvalue weighted by Gasteiger charge is -2.32. The number of nitrogens with one attached hydrogen (secondary N) is 1. The summed E-state index contributed by atoms with van der Waals surface area (Å²) in [4.78, 5) is 31.0. The van der Waals surface area contributed by atoms with Crippen molar-refractivity contribution in [2.45, 2.75) is 12.6 Å². The SMILES string of the molecule is CN1CCOCC1c1nc(C(=O)NCc2ccc(F)c(F)c2)c(O)c(=O)n1C. The largest absolute Gasteiger partial charge is 0.501 e. The number of morpholine rings is 1. The number of benzene rings is 1. The van der Waals surface area contributed by atoms with Crippen LogP contribution in [0.5, 0.6) is 5.75 Å². The first-order chi connectivity index (χ1) is 13.3. The molecule has 150 valence electrons. The summed E-state index contributed by atoms with van der Waals surface area (Å²) in [6.45, 7) is 1.32. The summed E-state index contributed by atoms with van der Waals surface area (Å²) in [5, 5.41) is 12.6. The van der Waals surface area contributed by atoms with Gasteiger partial charge in [0.25, 0.3) is 11.5 Å². The molecule has 10 heteroatoms. The Kier molecular flexibility index (Phi) is 5.71. The van der Waals surface area contributed by atoms with Crippen LogP contribution in [0.4, 0.5) is 8.78 Å². The van der Waals surface area contributed by atoms with E-state index < -0.39 is 34.5 Å². The minimum Gasteiger partial charge on any atom is -0.501 e. The molecule has 1 atom stereocenters. The molecule has 0 radical (unpaired) electrons. The molecule has 2 aromatic rings. The Balaban J connectivity index is 1.86. The van der Waals surface area contributed by atoms with Gasteiger partial charge in [0.1, 0.15) is 5.82 Å². The van der Waals surface area contributed by atoms with Crippen LogP contribution in [0.1, 0.15) is 27.9 Å². The van der Waals surface area contributed by atoms with Crippen LogP contribution in [-0.4, -0.2) is 52.3 Å². The van der Waals surface area contributed by atoms with Crippen LogP contribution in [0.3, 0.4) is 0 Å². The van der Waals surface area contributed by atoms with Crippen molar-refractivity contribution >= 4 is 5.91 Å². The quantitative estimate of drug-likeness (QED) is 0.793. The number of halogens is 2. The van der Waals surface area contributed by atoms with Gasteiger partial charge in [0.2, 0.25) is 5.75 Å². The molecular weight excluding hydrogens is 374 g/mol. The van der Waals surface area contributed by atoms with Crippen LogP contribution in [0.25, 0.3) is 0 Å². The fourth-order valence-electron chi connectivity index (χ4n) is 2.94. The molecule has 3 rings (SSSR count). The number of ether oxygens (including phenoxy) is 1. The van der Waals surface area contributed by atoms with Crippen molar-refractivity contribution < 1.29 is 23.4 Å². The summed E-state index contributed by atoms with van der Waals surface area (Å²) < 4.78 is 32.9. The molecule has 28 heavy (non-hydrogen) atoms. The molecule has 1 aromatic heterocycles. The second-order valence-corrected chi connectivity index (χ2v) is 6.53. The molecule has 1 aliphatic rings. The Morgan fingerprint density at radius 1 is 1.36 bits per heavy atom. The molecule has 1 aliphatic heterocycles. The van der Waals surface area contributed by atoms with Crippen LogP contribution in [-0.2, 0) is 18.3 Å². The highest BCUT2D eigenvalue weighted by atomic mass is 19.2. The maximum absolute atomic E-state index is 13.3. The predicted octanol–water partition coefficient (Wildman–Crippen LogP) is 0.697. The van der Waals surface area contributed by atoms with Gasteiger partial charge in [-0.25, -0.2) is 13.8 Å². The number of aromatic nitrogens is 2. The van der Waals surface area contributed by atoms with E-state index >= 15 is 0 Å². The fourth-order valence-corrected chi connectivity index (χ4v) is 2.94. The van der Waals surface area contributed by atoms with E-state index in [0.29, 0.717) is 18.7 Å². The minimum atomic E-state index is -1.04. The molecule has 1 saturated heterocycles. The summed E-state index contributed by atoms with van der Waals surface area (Å²) >= 11 is 0. The lowest BCUT2D eigenvalue weighted by molar-refractivity contribution is 0.000180. The molecule has 1 aromatic carbocycles. The molecule has 2 N–H and O–H groups in total. The van der Waals surface area contributed by atoms with E-state index in [4.69, 9.17) is 4.74 Å². The molecule has 1 fully saturated rings. The standard InChI is InChI=1S/C18H20F2N4O4/c1-23-5-6-28-9-13(23)16-22-14(15(25)18(27)24(16)2)17(26)21-8-10-3-4-11(19)12(20)7-10/h3-4,7,13,25H,5-6,8-9H2,1-2H3,(H,21,26). The smallest absolute Gasteiger partial charge is 0.296 e. The Hall–Kier alpha value is -2.85. The van der Waals surface area contributed by atoms with E-state index in [2.05, 4.69) is 10.3 Å². The van der Waals surface area contributed by atoms with Crippen LogP contribution in [0.15, 0.2) is 23.0 Å². The third kappa shape index (κ3) is 3.87. The van der Waals surface area contributed by atoms with Gasteiger partial charge in [-0.3, -0.25) is 19.1 Å². The number of hydrogen-bond donors (Lipinski definition) is 2. The monoisotopic (exact) mass is 394 g/mol. The van der Waals surface area contributed by atoms with Crippen molar-refractivity contribution in [1.29, 1.82) is 0 Å². The zero-order valence-electron chi connectivity index (χ0n) is 15.4. The molecule has 2 heterocycles. The first-order valence-electron chi connectivity index (χ1n) is 8.59. The number of likely N-dealkylation sites (N-methyl/N-ethyl adjacent to an activating group) is 1. The lowest BCUT2D eigenvalue weighted by atomic mass is 10.2. The highest BCUT2D eigenvalue weighted by Gasteiger charge is 2.28. The van der Waals surface area contributed by atoms with Crippen LogP contribution < -0.4 is 10.9 Å². The third-order valence-electron chi connectivity index (χ3n) is 4.65. The second-order valence-electron chi connectivity index (χ2n) is 6.53. The lowest BCUT2D eigenvalue weighted by Crippen LogP contribution is -2.41. The Bertz CT molecular complexity index is 963. The number of carbonyl (C=O) groups is 1. The fraction of sp³-hybridized carbons (Fsp3) is 0.389. The average molecular weight is 394 g/mol. The number of amides is 1. The van der Waals surface area contributed by atoms with Crippen molar-refractivity contribution in [1.82, 2.24) is 19.8 Å². The van der Waals surface area contributed by atoms with Gasteiger partial charge < -0.3 is 15.2 Å². The van der Waals surface area contributed by atoms with E-state index in [1.54, 1.807) is 0 Å². The first-order valence-corrected chi connectivity index (χ1v) is 8.59. The van der Waals surface area contributed by atoms with Crippen molar-refractivity contribution in [3.8, 4) is 5.75 Å². The molecule has 8 nitrogen and oxygen atoms in total. The van der Waals surface area contributed by atoms with Crippen LogP contribution in [0.2, 0.25) is 0 Å². The number of carbonyl (C=O) groups excluding carboxylic acids is 1. The van der Waals surface area contributed by atoms with Gasteiger partial charge in [0.15, 0.2) is 17.3 Å².